The highest BCUT2D eigenvalue weighted by Crippen LogP contribution is 2.22. The van der Waals surface area contributed by atoms with Crippen LogP contribution in [0.1, 0.15) is 26.2 Å². The number of carboxylic acid groups (broad SMARTS) is 1. The molecule has 0 saturated carbocycles. The van der Waals surface area contributed by atoms with Crippen LogP contribution in [-0.2, 0) is 9.53 Å². The van der Waals surface area contributed by atoms with Crippen LogP contribution in [-0.4, -0.2) is 23.8 Å². The van der Waals surface area contributed by atoms with Crippen LogP contribution in [0, 0.1) is 5.92 Å². The third-order valence-electron chi connectivity index (χ3n) is 2.10. The summed E-state index contributed by atoms with van der Waals surface area (Å²) < 4.78 is 5.35. The van der Waals surface area contributed by atoms with Gasteiger partial charge in [-0.05, 0) is 18.8 Å². The van der Waals surface area contributed by atoms with Crippen molar-refractivity contribution < 1.29 is 14.6 Å². The molecule has 0 bridgehead atoms. The van der Waals surface area contributed by atoms with E-state index in [1.54, 1.807) is 0 Å². The second-order valence-electron chi connectivity index (χ2n) is 3.13. The van der Waals surface area contributed by atoms with Crippen LogP contribution < -0.4 is 0 Å². The van der Waals surface area contributed by atoms with Gasteiger partial charge in [0.05, 0.1) is 12.5 Å². The van der Waals surface area contributed by atoms with E-state index in [2.05, 4.69) is 0 Å². The Morgan fingerprint density at radius 1 is 1.82 bits per heavy atom. The lowest BCUT2D eigenvalue weighted by Gasteiger charge is -2.15. The van der Waals surface area contributed by atoms with Gasteiger partial charge < -0.3 is 9.84 Å². The summed E-state index contributed by atoms with van der Waals surface area (Å²) in [4.78, 5) is 10.3. The predicted octanol–water partition coefficient (Wildman–Crippen LogP) is 1.28. The van der Waals surface area contributed by atoms with Crippen molar-refractivity contribution in [1.29, 1.82) is 0 Å². The van der Waals surface area contributed by atoms with Crippen molar-refractivity contribution in [3.05, 3.63) is 0 Å². The third kappa shape index (κ3) is 2.50. The molecule has 3 nitrogen and oxygen atoms in total. The van der Waals surface area contributed by atoms with Crippen LogP contribution in [0.4, 0.5) is 0 Å². The minimum Gasteiger partial charge on any atom is -0.481 e. The number of aliphatic carboxylic acids is 1. The molecule has 0 aromatic heterocycles. The van der Waals surface area contributed by atoms with Gasteiger partial charge in [0.15, 0.2) is 0 Å². The predicted molar refractivity (Wildman–Crippen MR) is 40.4 cm³/mol. The molecule has 0 unspecified atom stereocenters. The van der Waals surface area contributed by atoms with Crippen LogP contribution in [0.2, 0.25) is 0 Å². The van der Waals surface area contributed by atoms with Gasteiger partial charge in [0.2, 0.25) is 0 Å². The van der Waals surface area contributed by atoms with Crippen LogP contribution in [0.5, 0.6) is 0 Å². The Morgan fingerprint density at radius 2 is 2.55 bits per heavy atom. The minimum atomic E-state index is -0.729. The Labute approximate surface area is 66.4 Å². The Balaban J connectivity index is 2.28. The van der Waals surface area contributed by atoms with E-state index in [0.717, 1.165) is 19.4 Å². The van der Waals surface area contributed by atoms with E-state index in [1.165, 1.54) is 0 Å². The second-order valence-corrected chi connectivity index (χ2v) is 3.13. The molecule has 0 amide bonds. The molecule has 11 heavy (non-hydrogen) atoms. The van der Waals surface area contributed by atoms with Crippen molar-refractivity contribution in [2.45, 2.75) is 32.3 Å². The van der Waals surface area contributed by atoms with E-state index in [9.17, 15) is 4.79 Å². The van der Waals surface area contributed by atoms with E-state index < -0.39 is 5.97 Å². The lowest BCUT2D eigenvalue weighted by molar-refractivity contribution is -0.139. The van der Waals surface area contributed by atoms with Crippen molar-refractivity contribution >= 4 is 5.97 Å². The van der Waals surface area contributed by atoms with E-state index in [1.807, 2.05) is 6.92 Å². The summed E-state index contributed by atoms with van der Waals surface area (Å²) >= 11 is 0. The molecule has 1 N–H and O–H groups in total. The smallest absolute Gasteiger partial charge is 0.303 e. The molecule has 1 aliphatic heterocycles. The fraction of sp³-hybridized carbons (Fsp3) is 0.875. The molecule has 0 aliphatic carbocycles. The summed E-state index contributed by atoms with van der Waals surface area (Å²) in [5.74, 6) is -0.567. The fourth-order valence-corrected chi connectivity index (χ4v) is 1.46. The van der Waals surface area contributed by atoms with Gasteiger partial charge in [0.1, 0.15) is 0 Å². The average molecular weight is 158 g/mol. The van der Waals surface area contributed by atoms with Crippen molar-refractivity contribution in [2.75, 3.05) is 6.61 Å². The highest BCUT2D eigenvalue weighted by molar-refractivity contribution is 5.67. The zero-order valence-electron chi connectivity index (χ0n) is 6.75. The molecule has 1 saturated heterocycles. The normalized spacial score (nSPS) is 26.8. The van der Waals surface area contributed by atoms with Gasteiger partial charge in [-0.25, -0.2) is 0 Å². The lowest BCUT2D eigenvalue weighted by Crippen LogP contribution is -2.19. The third-order valence-corrected chi connectivity index (χ3v) is 2.10. The maximum atomic E-state index is 10.3. The number of carboxylic acids is 1. The number of hydrogen-bond donors (Lipinski definition) is 1. The van der Waals surface area contributed by atoms with Gasteiger partial charge in [0, 0.05) is 6.61 Å². The summed E-state index contributed by atoms with van der Waals surface area (Å²) in [5.41, 5.74) is 0. The highest BCUT2D eigenvalue weighted by atomic mass is 16.5. The molecule has 2 atom stereocenters. The monoisotopic (exact) mass is 158 g/mol. The molecular formula is C8H14O3. The van der Waals surface area contributed by atoms with Gasteiger partial charge in [0.25, 0.3) is 0 Å². The SMILES string of the molecule is C[C@@H](CC(=O)O)[C@H]1CCCO1. The minimum absolute atomic E-state index is 0.162. The number of carbonyl (C=O) groups is 1. The van der Waals surface area contributed by atoms with Crippen LogP contribution in [0.3, 0.4) is 0 Å². The first-order valence-electron chi connectivity index (χ1n) is 4.03. The first-order valence-corrected chi connectivity index (χ1v) is 4.03. The van der Waals surface area contributed by atoms with Crippen LogP contribution >= 0.6 is 0 Å². The summed E-state index contributed by atoms with van der Waals surface area (Å²) in [7, 11) is 0. The average Bonchev–Trinajstić information content (AvgIpc) is 2.35. The first-order chi connectivity index (χ1) is 5.20. The van der Waals surface area contributed by atoms with E-state index in [4.69, 9.17) is 9.84 Å². The molecule has 1 heterocycles. The summed E-state index contributed by atoms with van der Waals surface area (Å²) in [6.45, 7) is 2.73. The topological polar surface area (TPSA) is 46.5 Å². The van der Waals surface area contributed by atoms with Crippen LogP contribution in [0.15, 0.2) is 0 Å². The quantitative estimate of drug-likeness (QED) is 0.673. The number of rotatable bonds is 3. The Kier molecular flexibility index (Phi) is 2.88. The highest BCUT2D eigenvalue weighted by Gasteiger charge is 2.23. The van der Waals surface area contributed by atoms with Gasteiger partial charge in [-0.2, -0.15) is 0 Å². The van der Waals surface area contributed by atoms with Crippen LogP contribution in [0.25, 0.3) is 0 Å². The molecule has 0 aromatic carbocycles. The Bertz CT molecular complexity index is 138. The number of hydrogen-bond acceptors (Lipinski definition) is 2. The standard InChI is InChI=1S/C8H14O3/c1-6(5-8(9)10)7-3-2-4-11-7/h6-7H,2-5H2,1H3,(H,9,10)/t6-,7+/m0/s1. The van der Waals surface area contributed by atoms with Crippen molar-refractivity contribution in [2.24, 2.45) is 5.92 Å². The maximum Gasteiger partial charge on any atom is 0.303 e. The molecule has 64 valence electrons. The first kappa shape index (κ1) is 8.53. The van der Waals surface area contributed by atoms with Gasteiger partial charge in [-0.15, -0.1) is 0 Å². The number of ether oxygens (including phenoxy) is 1. The van der Waals surface area contributed by atoms with E-state index >= 15 is 0 Å². The molecule has 1 fully saturated rings. The molecule has 0 spiro atoms. The maximum absolute atomic E-state index is 10.3. The largest absolute Gasteiger partial charge is 0.481 e. The van der Waals surface area contributed by atoms with Crippen molar-refractivity contribution in [3.63, 3.8) is 0 Å². The lowest BCUT2D eigenvalue weighted by atomic mass is 9.99. The van der Waals surface area contributed by atoms with Gasteiger partial charge in [-0.3, -0.25) is 4.79 Å². The molecule has 0 radical (unpaired) electrons. The molecular weight excluding hydrogens is 144 g/mol. The molecule has 1 aliphatic rings. The summed E-state index contributed by atoms with van der Waals surface area (Å²) in [5, 5.41) is 8.49. The molecule has 0 aromatic rings. The summed E-state index contributed by atoms with van der Waals surface area (Å²) in [6.07, 6.45) is 2.51. The molecule has 3 heteroatoms. The van der Waals surface area contributed by atoms with Crippen molar-refractivity contribution in [3.8, 4) is 0 Å². The second kappa shape index (κ2) is 3.72. The fourth-order valence-electron chi connectivity index (χ4n) is 1.46. The summed E-state index contributed by atoms with van der Waals surface area (Å²) in [6, 6.07) is 0. The van der Waals surface area contributed by atoms with E-state index in [-0.39, 0.29) is 18.4 Å². The van der Waals surface area contributed by atoms with Gasteiger partial charge in [-0.1, -0.05) is 6.92 Å². The van der Waals surface area contributed by atoms with Gasteiger partial charge >= 0.3 is 5.97 Å². The zero-order chi connectivity index (χ0) is 8.27. The zero-order valence-corrected chi connectivity index (χ0v) is 6.75. The molecule has 1 rings (SSSR count). The van der Waals surface area contributed by atoms with Crippen molar-refractivity contribution in [1.82, 2.24) is 0 Å². The Morgan fingerprint density at radius 3 is 3.00 bits per heavy atom. The Hall–Kier alpha value is -0.570. The van der Waals surface area contributed by atoms with E-state index in [0.29, 0.717) is 0 Å².